The molecule has 1 amide bonds. The van der Waals surface area contributed by atoms with E-state index in [1.165, 1.54) is 18.4 Å². The molecule has 158 valence electrons. The number of benzene rings is 2. The van der Waals surface area contributed by atoms with Gasteiger partial charge in [-0.05, 0) is 73.8 Å². The zero-order chi connectivity index (χ0) is 21.1. The largest absolute Gasteiger partial charge is 0.497 e. The van der Waals surface area contributed by atoms with E-state index in [-0.39, 0.29) is 11.4 Å². The van der Waals surface area contributed by atoms with E-state index in [9.17, 15) is 4.79 Å². The lowest BCUT2D eigenvalue weighted by atomic mass is 9.88. The molecular formula is C24H29N3O2S. The Kier molecular flexibility index (Phi) is 5.95. The number of thiocarbonyl (C=S) groups is 1. The van der Waals surface area contributed by atoms with Gasteiger partial charge >= 0.3 is 0 Å². The van der Waals surface area contributed by atoms with E-state index in [2.05, 4.69) is 22.8 Å². The van der Waals surface area contributed by atoms with E-state index in [1.807, 2.05) is 42.2 Å². The van der Waals surface area contributed by atoms with Crippen molar-refractivity contribution >= 4 is 34.6 Å². The van der Waals surface area contributed by atoms with Crippen LogP contribution in [-0.2, 0) is 10.3 Å². The molecule has 2 fully saturated rings. The van der Waals surface area contributed by atoms with E-state index in [0.29, 0.717) is 11.5 Å². The molecule has 0 bridgehead atoms. The fraction of sp³-hybridized carbons (Fsp3) is 0.417. The molecule has 0 radical (unpaired) electrons. The Hall–Kier alpha value is -2.60. The summed E-state index contributed by atoms with van der Waals surface area (Å²) >= 11 is 5.70. The number of carbonyl (C=O) groups excluding carboxylic acids is 1. The summed E-state index contributed by atoms with van der Waals surface area (Å²) in [6, 6.07) is 14.4. The molecule has 0 spiro atoms. The van der Waals surface area contributed by atoms with Gasteiger partial charge in [-0.15, -0.1) is 0 Å². The molecule has 5 nitrogen and oxygen atoms in total. The molecule has 30 heavy (non-hydrogen) atoms. The van der Waals surface area contributed by atoms with Crippen molar-refractivity contribution in [2.24, 2.45) is 0 Å². The Morgan fingerprint density at radius 1 is 1.10 bits per heavy atom. The lowest BCUT2D eigenvalue weighted by molar-refractivity contribution is -0.117. The first-order valence-corrected chi connectivity index (χ1v) is 11.1. The van der Waals surface area contributed by atoms with Crippen LogP contribution in [0.1, 0.15) is 49.7 Å². The average Bonchev–Trinajstić information content (AvgIpc) is 3.39. The number of amides is 1. The van der Waals surface area contributed by atoms with Gasteiger partial charge in [-0.2, -0.15) is 0 Å². The Bertz CT molecular complexity index is 936. The molecule has 1 heterocycles. The van der Waals surface area contributed by atoms with Crippen molar-refractivity contribution in [3.8, 4) is 5.75 Å². The van der Waals surface area contributed by atoms with Crippen molar-refractivity contribution in [1.29, 1.82) is 0 Å². The summed E-state index contributed by atoms with van der Waals surface area (Å²) in [5.74, 6) is 1.05. The number of aryl methyl sites for hydroxylation is 1. The first kappa shape index (κ1) is 20.7. The van der Waals surface area contributed by atoms with Crippen molar-refractivity contribution in [3.63, 3.8) is 0 Å². The van der Waals surface area contributed by atoms with Gasteiger partial charge in [0.05, 0.1) is 12.6 Å². The van der Waals surface area contributed by atoms with Crippen LogP contribution in [0.3, 0.4) is 0 Å². The summed E-state index contributed by atoms with van der Waals surface area (Å²) in [6.45, 7) is 2.82. The van der Waals surface area contributed by atoms with Gasteiger partial charge in [0.25, 0.3) is 0 Å². The maximum atomic E-state index is 12.2. The van der Waals surface area contributed by atoms with Gasteiger partial charge in [0.1, 0.15) is 5.75 Å². The quantitative estimate of drug-likeness (QED) is 0.671. The van der Waals surface area contributed by atoms with Crippen molar-refractivity contribution in [3.05, 3.63) is 53.6 Å². The predicted molar refractivity (Wildman–Crippen MR) is 125 cm³/mol. The fourth-order valence-electron chi connectivity index (χ4n) is 4.63. The molecule has 6 heteroatoms. The van der Waals surface area contributed by atoms with Crippen molar-refractivity contribution < 1.29 is 9.53 Å². The molecule has 1 saturated carbocycles. The van der Waals surface area contributed by atoms with Gasteiger partial charge in [0.15, 0.2) is 5.11 Å². The maximum absolute atomic E-state index is 12.2. The molecule has 0 unspecified atom stereocenters. The number of hydrogen-bond donors (Lipinski definition) is 2. The molecule has 4 rings (SSSR count). The molecule has 1 aliphatic carbocycles. The van der Waals surface area contributed by atoms with Crippen LogP contribution in [0.4, 0.5) is 11.4 Å². The molecular weight excluding hydrogens is 394 g/mol. The first-order valence-electron chi connectivity index (χ1n) is 10.7. The summed E-state index contributed by atoms with van der Waals surface area (Å²) < 4.78 is 5.31. The lowest BCUT2D eigenvalue weighted by Gasteiger charge is -2.32. The van der Waals surface area contributed by atoms with Crippen LogP contribution in [-0.4, -0.2) is 24.7 Å². The highest BCUT2D eigenvalue weighted by Crippen LogP contribution is 2.39. The third-order valence-electron chi connectivity index (χ3n) is 6.28. The van der Waals surface area contributed by atoms with Gasteiger partial charge < -0.3 is 20.3 Å². The van der Waals surface area contributed by atoms with E-state index in [4.69, 9.17) is 17.0 Å². The Morgan fingerprint density at radius 2 is 1.83 bits per heavy atom. The molecule has 0 atom stereocenters. The minimum atomic E-state index is -0.158. The van der Waals surface area contributed by atoms with Crippen LogP contribution in [0.5, 0.6) is 5.75 Å². The second-order valence-corrected chi connectivity index (χ2v) is 8.66. The molecule has 2 aromatic carbocycles. The average molecular weight is 424 g/mol. The van der Waals surface area contributed by atoms with Gasteiger partial charge in [0.2, 0.25) is 5.91 Å². The zero-order valence-corrected chi connectivity index (χ0v) is 18.5. The number of methoxy groups -OCH3 is 1. The van der Waals surface area contributed by atoms with Crippen molar-refractivity contribution in [1.82, 2.24) is 5.32 Å². The van der Waals surface area contributed by atoms with E-state index < -0.39 is 0 Å². The van der Waals surface area contributed by atoms with Gasteiger partial charge in [0, 0.05) is 24.3 Å². The minimum Gasteiger partial charge on any atom is -0.497 e. The van der Waals surface area contributed by atoms with Crippen molar-refractivity contribution in [2.45, 2.75) is 51.0 Å². The van der Waals surface area contributed by atoms with Gasteiger partial charge in [-0.3, -0.25) is 4.79 Å². The van der Waals surface area contributed by atoms with Crippen LogP contribution < -0.4 is 20.3 Å². The van der Waals surface area contributed by atoms with Gasteiger partial charge in [-0.25, -0.2) is 0 Å². The fourth-order valence-corrected chi connectivity index (χ4v) is 4.95. The number of carbonyl (C=O) groups is 1. The number of hydrogen-bond acceptors (Lipinski definition) is 3. The predicted octanol–water partition coefficient (Wildman–Crippen LogP) is 4.89. The Balaban J connectivity index is 1.51. The highest BCUT2D eigenvalue weighted by atomic mass is 32.1. The second-order valence-electron chi connectivity index (χ2n) is 8.25. The van der Waals surface area contributed by atoms with Crippen LogP contribution in [0.15, 0.2) is 42.5 Å². The molecule has 2 N–H and O–H groups in total. The lowest BCUT2D eigenvalue weighted by Crippen LogP contribution is -2.45. The SMILES string of the molecule is COc1ccc(C2(NC(=S)Nc3ccc(C)c(N4CCCC4=O)c3)CCCC2)cc1. The highest BCUT2D eigenvalue weighted by molar-refractivity contribution is 7.80. The third-order valence-corrected chi connectivity index (χ3v) is 6.49. The van der Waals surface area contributed by atoms with E-state index in [1.54, 1.807) is 7.11 Å². The second kappa shape index (κ2) is 8.64. The van der Waals surface area contributed by atoms with Crippen LogP contribution in [0, 0.1) is 6.92 Å². The number of ether oxygens (including phenoxy) is 1. The number of anilines is 2. The molecule has 2 aromatic rings. The number of nitrogens with one attached hydrogen (secondary N) is 2. The number of rotatable bonds is 5. The van der Waals surface area contributed by atoms with Crippen LogP contribution in [0.25, 0.3) is 0 Å². The summed E-state index contributed by atoms with van der Waals surface area (Å²) in [4.78, 5) is 14.1. The third kappa shape index (κ3) is 4.15. The summed E-state index contributed by atoms with van der Waals surface area (Å²) in [6.07, 6.45) is 5.98. The van der Waals surface area contributed by atoms with Crippen LogP contribution >= 0.6 is 12.2 Å². The smallest absolute Gasteiger partial charge is 0.227 e. The molecule has 1 saturated heterocycles. The Morgan fingerprint density at radius 3 is 2.47 bits per heavy atom. The van der Waals surface area contributed by atoms with E-state index >= 15 is 0 Å². The summed E-state index contributed by atoms with van der Waals surface area (Å²) in [5, 5.41) is 7.56. The Labute approximate surface area is 183 Å². The monoisotopic (exact) mass is 423 g/mol. The van der Waals surface area contributed by atoms with Crippen LogP contribution in [0.2, 0.25) is 0 Å². The first-order chi connectivity index (χ1) is 14.5. The maximum Gasteiger partial charge on any atom is 0.227 e. The zero-order valence-electron chi connectivity index (χ0n) is 17.7. The standard InChI is InChI=1S/C24H29N3O2S/c1-17-7-10-19(16-21(17)27-15-5-6-22(27)28)25-23(30)26-24(13-3-4-14-24)18-8-11-20(29-2)12-9-18/h7-12,16H,3-6,13-15H2,1-2H3,(H2,25,26,30). The summed E-state index contributed by atoms with van der Waals surface area (Å²) in [5.41, 5.74) is 4.04. The molecule has 2 aliphatic rings. The summed E-state index contributed by atoms with van der Waals surface area (Å²) in [7, 11) is 1.68. The minimum absolute atomic E-state index is 0.158. The van der Waals surface area contributed by atoms with Crippen molar-refractivity contribution in [2.75, 3.05) is 23.9 Å². The normalized spacial score (nSPS) is 17.8. The highest BCUT2D eigenvalue weighted by Gasteiger charge is 2.36. The van der Waals surface area contributed by atoms with E-state index in [0.717, 1.165) is 48.5 Å². The number of nitrogens with zero attached hydrogens (tertiary/aromatic N) is 1. The molecule has 0 aromatic heterocycles. The van der Waals surface area contributed by atoms with Gasteiger partial charge in [-0.1, -0.05) is 31.0 Å². The topological polar surface area (TPSA) is 53.6 Å². The molecule has 1 aliphatic heterocycles.